The van der Waals surface area contributed by atoms with E-state index in [2.05, 4.69) is 60.5 Å². The fourth-order valence-electron chi connectivity index (χ4n) is 2.16. The van der Waals surface area contributed by atoms with Crippen LogP contribution in [0.4, 0.5) is 5.69 Å². The molecule has 1 aliphatic rings. The van der Waals surface area contributed by atoms with Crippen LogP contribution >= 0.6 is 12.6 Å². The second-order valence-corrected chi connectivity index (χ2v) is 5.15. The van der Waals surface area contributed by atoms with Crippen molar-refractivity contribution in [2.45, 2.75) is 24.8 Å². The van der Waals surface area contributed by atoms with Gasteiger partial charge in [0.1, 0.15) is 0 Å². The zero-order valence-corrected chi connectivity index (χ0v) is 11.0. The Labute approximate surface area is 104 Å². The molecule has 1 fully saturated rings. The molecule has 0 bridgehead atoms. The van der Waals surface area contributed by atoms with Crippen LogP contribution < -0.4 is 4.90 Å². The van der Waals surface area contributed by atoms with Gasteiger partial charge in [-0.15, -0.1) is 12.6 Å². The summed E-state index contributed by atoms with van der Waals surface area (Å²) in [7, 11) is 0. The van der Waals surface area contributed by atoms with Crippen LogP contribution in [0, 0.1) is 0 Å². The molecule has 3 heteroatoms. The highest BCUT2D eigenvalue weighted by Crippen LogP contribution is 2.19. The molecule has 0 radical (unpaired) electrons. The molecule has 88 valence electrons. The lowest BCUT2D eigenvalue weighted by atomic mass is 10.2. The molecule has 0 aromatic heterocycles. The molecule has 1 heterocycles. The van der Waals surface area contributed by atoms with Crippen molar-refractivity contribution in [2.24, 2.45) is 0 Å². The summed E-state index contributed by atoms with van der Waals surface area (Å²) in [5.41, 5.74) is 1.32. The van der Waals surface area contributed by atoms with Gasteiger partial charge in [0.05, 0.1) is 0 Å². The van der Waals surface area contributed by atoms with E-state index in [1.807, 2.05) is 0 Å². The van der Waals surface area contributed by atoms with E-state index in [1.165, 1.54) is 18.8 Å². The summed E-state index contributed by atoms with van der Waals surface area (Å²) in [6.07, 6.45) is 0. The summed E-state index contributed by atoms with van der Waals surface area (Å²) in [5, 5.41) is 0. The van der Waals surface area contributed by atoms with Crippen LogP contribution in [-0.4, -0.2) is 37.1 Å². The van der Waals surface area contributed by atoms with Crippen LogP contribution in [0.25, 0.3) is 0 Å². The normalized spacial score (nSPS) is 18.1. The average Bonchev–Trinajstić information content (AvgIpc) is 2.30. The van der Waals surface area contributed by atoms with Gasteiger partial charge in [-0.05, 0) is 38.1 Å². The first-order valence-electron chi connectivity index (χ1n) is 5.95. The third-order valence-corrected chi connectivity index (χ3v) is 3.56. The largest absolute Gasteiger partial charge is 0.369 e. The number of hydrogen-bond donors (Lipinski definition) is 1. The Morgan fingerprint density at radius 2 is 1.56 bits per heavy atom. The van der Waals surface area contributed by atoms with Crippen molar-refractivity contribution in [3.63, 3.8) is 0 Å². The van der Waals surface area contributed by atoms with Crippen LogP contribution in [0.3, 0.4) is 0 Å². The van der Waals surface area contributed by atoms with E-state index in [-0.39, 0.29) is 0 Å². The number of thiol groups is 1. The highest BCUT2D eigenvalue weighted by Gasteiger charge is 2.18. The maximum Gasteiger partial charge on any atom is 0.0367 e. The van der Waals surface area contributed by atoms with Crippen LogP contribution in [0.5, 0.6) is 0 Å². The molecule has 1 saturated heterocycles. The van der Waals surface area contributed by atoms with Gasteiger partial charge in [-0.3, -0.25) is 4.90 Å². The standard InChI is InChI=1S/C13H20N2S/c1-11(2)14-7-9-15(10-8-14)12-3-5-13(16)6-4-12/h3-6,11,16H,7-10H2,1-2H3. The zero-order valence-electron chi connectivity index (χ0n) is 10.1. The number of hydrogen-bond acceptors (Lipinski definition) is 3. The van der Waals surface area contributed by atoms with Gasteiger partial charge in [0, 0.05) is 42.8 Å². The van der Waals surface area contributed by atoms with E-state index in [4.69, 9.17) is 0 Å². The Balaban J connectivity index is 1.96. The van der Waals surface area contributed by atoms with Gasteiger partial charge in [0.25, 0.3) is 0 Å². The second kappa shape index (κ2) is 5.11. The molecule has 2 rings (SSSR count). The molecule has 1 aromatic rings. The van der Waals surface area contributed by atoms with E-state index >= 15 is 0 Å². The molecule has 0 amide bonds. The first-order chi connectivity index (χ1) is 7.66. The monoisotopic (exact) mass is 236 g/mol. The lowest BCUT2D eigenvalue weighted by molar-refractivity contribution is 0.209. The summed E-state index contributed by atoms with van der Waals surface area (Å²) in [6, 6.07) is 9.11. The summed E-state index contributed by atoms with van der Waals surface area (Å²) >= 11 is 4.31. The minimum absolute atomic E-state index is 0.668. The number of anilines is 1. The number of nitrogens with zero attached hydrogens (tertiary/aromatic N) is 2. The zero-order chi connectivity index (χ0) is 11.5. The van der Waals surface area contributed by atoms with Crippen molar-refractivity contribution >= 4 is 18.3 Å². The average molecular weight is 236 g/mol. The van der Waals surface area contributed by atoms with Gasteiger partial charge in [-0.2, -0.15) is 0 Å². The fraction of sp³-hybridized carbons (Fsp3) is 0.538. The van der Waals surface area contributed by atoms with E-state index < -0.39 is 0 Å². The Morgan fingerprint density at radius 1 is 1.00 bits per heavy atom. The minimum atomic E-state index is 0.668. The minimum Gasteiger partial charge on any atom is -0.369 e. The topological polar surface area (TPSA) is 6.48 Å². The molecular weight excluding hydrogens is 216 g/mol. The molecule has 0 saturated carbocycles. The van der Waals surface area contributed by atoms with Crippen molar-refractivity contribution < 1.29 is 0 Å². The van der Waals surface area contributed by atoms with E-state index in [1.54, 1.807) is 0 Å². The van der Waals surface area contributed by atoms with Crippen molar-refractivity contribution in [3.8, 4) is 0 Å². The highest BCUT2D eigenvalue weighted by atomic mass is 32.1. The van der Waals surface area contributed by atoms with Gasteiger partial charge >= 0.3 is 0 Å². The molecule has 0 N–H and O–H groups in total. The molecular formula is C13H20N2S. The fourth-order valence-corrected chi connectivity index (χ4v) is 2.31. The predicted octanol–water partition coefficient (Wildman–Crippen LogP) is 2.51. The molecule has 1 aromatic carbocycles. The van der Waals surface area contributed by atoms with Crippen LogP contribution in [0.2, 0.25) is 0 Å². The highest BCUT2D eigenvalue weighted by molar-refractivity contribution is 7.80. The smallest absolute Gasteiger partial charge is 0.0367 e. The predicted molar refractivity (Wildman–Crippen MR) is 72.6 cm³/mol. The van der Waals surface area contributed by atoms with Crippen molar-refractivity contribution in [1.82, 2.24) is 4.90 Å². The van der Waals surface area contributed by atoms with Gasteiger partial charge in [0.2, 0.25) is 0 Å². The Hall–Kier alpha value is -0.670. The molecule has 16 heavy (non-hydrogen) atoms. The summed E-state index contributed by atoms with van der Waals surface area (Å²) in [4.78, 5) is 6.01. The maximum absolute atomic E-state index is 4.31. The Morgan fingerprint density at radius 3 is 2.06 bits per heavy atom. The first-order valence-corrected chi connectivity index (χ1v) is 6.39. The molecule has 2 nitrogen and oxygen atoms in total. The number of piperazine rings is 1. The third-order valence-electron chi connectivity index (χ3n) is 3.26. The van der Waals surface area contributed by atoms with Crippen LogP contribution in [0.1, 0.15) is 13.8 Å². The summed E-state index contributed by atoms with van der Waals surface area (Å²) < 4.78 is 0. The van der Waals surface area contributed by atoms with Crippen LogP contribution in [0.15, 0.2) is 29.2 Å². The van der Waals surface area contributed by atoms with Gasteiger partial charge < -0.3 is 4.90 Å². The summed E-state index contributed by atoms with van der Waals surface area (Å²) in [5.74, 6) is 0. The van der Waals surface area contributed by atoms with Crippen molar-refractivity contribution in [1.29, 1.82) is 0 Å². The SMILES string of the molecule is CC(C)N1CCN(c2ccc(S)cc2)CC1. The first kappa shape index (κ1) is 11.8. The van der Waals surface area contributed by atoms with E-state index in [0.29, 0.717) is 6.04 Å². The number of rotatable bonds is 2. The second-order valence-electron chi connectivity index (χ2n) is 4.63. The third kappa shape index (κ3) is 2.71. The van der Waals surface area contributed by atoms with Crippen molar-refractivity contribution in [3.05, 3.63) is 24.3 Å². The van der Waals surface area contributed by atoms with Crippen molar-refractivity contribution in [2.75, 3.05) is 31.1 Å². The lowest BCUT2D eigenvalue weighted by Crippen LogP contribution is -2.48. The van der Waals surface area contributed by atoms with E-state index in [0.717, 1.165) is 18.0 Å². The van der Waals surface area contributed by atoms with Crippen LogP contribution in [-0.2, 0) is 0 Å². The Bertz CT molecular complexity index is 326. The lowest BCUT2D eigenvalue weighted by Gasteiger charge is -2.38. The van der Waals surface area contributed by atoms with E-state index in [9.17, 15) is 0 Å². The summed E-state index contributed by atoms with van der Waals surface area (Å²) in [6.45, 7) is 9.13. The molecule has 0 atom stereocenters. The molecule has 1 aliphatic heterocycles. The van der Waals surface area contributed by atoms with Gasteiger partial charge in [-0.25, -0.2) is 0 Å². The molecule has 0 aliphatic carbocycles. The molecule has 0 spiro atoms. The molecule has 0 unspecified atom stereocenters. The number of benzene rings is 1. The Kier molecular flexibility index (Phi) is 3.77. The quantitative estimate of drug-likeness (QED) is 0.788. The van der Waals surface area contributed by atoms with Gasteiger partial charge in [-0.1, -0.05) is 0 Å². The van der Waals surface area contributed by atoms with Gasteiger partial charge in [0.15, 0.2) is 0 Å². The maximum atomic E-state index is 4.31.